The molecule has 1 aromatic rings. The predicted octanol–water partition coefficient (Wildman–Crippen LogP) is 3.66. The van der Waals surface area contributed by atoms with Crippen LogP contribution in [0.1, 0.15) is 49.9 Å². The lowest BCUT2D eigenvalue weighted by atomic mass is 10.1. The normalized spacial score (nSPS) is 12.2. The summed E-state index contributed by atoms with van der Waals surface area (Å²) < 4.78 is 26.3. The summed E-state index contributed by atoms with van der Waals surface area (Å²) in [5.41, 5.74) is -0.239. The minimum atomic E-state index is -0.699. The summed E-state index contributed by atoms with van der Waals surface area (Å²) in [5, 5.41) is 2.68. The Kier molecular flexibility index (Phi) is 5.75. The Morgan fingerprint density at radius 3 is 2.72 bits per heavy atom. The summed E-state index contributed by atoms with van der Waals surface area (Å²) in [5.74, 6) is -1.87. The van der Waals surface area contributed by atoms with Crippen LogP contribution < -0.4 is 5.32 Å². The molecule has 0 aliphatic heterocycles. The molecule has 0 aliphatic rings. The van der Waals surface area contributed by atoms with E-state index in [0.29, 0.717) is 0 Å². The molecular formula is C14H19F2NO. The standard InChI is InChI=1S/C14H19F2NO/c1-3-4-5-6-10(2)17-14(18)12-9-11(15)7-8-13(12)16/h7-10H,3-6H2,1-2H3,(H,17,18). The van der Waals surface area contributed by atoms with Gasteiger partial charge in [0.1, 0.15) is 11.6 Å². The second-order valence-electron chi connectivity index (χ2n) is 4.49. The van der Waals surface area contributed by atoms with Crippen LogP contribution >= 0.6 is 0 Å². The first-order valence-electron chi connectivity index (χ1n) is 6.30. The molecule has 1 aromatic carbocycles. The molecule has 0 bridgehead atoms. The highest BCUT2D eigenvalue weighted by Gasteiger charge is 2.14. The zero-order chi connectivity index (χ0) is 13.5. The summed E-state index contributed by atoms with van der Waals surface area (Å²) in [7, 11) is 0. The number of carbonyl (C=O) groups is 1. The lowest BCUT2D eigenvalue weighted by Gasteiger charge is -2.14. The van der Waals surface area contributed by atoms with Gasteiger partial charge in [-0.15, -0.1) is 0 Å². The van der Waals surface area contributed by atoms with Crippen molar-refractivity contribution in [2.24, 2.45) is 0 Å². The van der Waals surface area contributed by atoms with Gasteiger partial charge in [-0.2, -0.15) is 0 Å². The van der Waals surface area contributed by atoms with Crippen molar-refractivity contribution in [1.82, 2.24) is 5.32 Å². The molecular weight excluding hydrogens is 236 g/mol. The fraction of sp³-hybridized carbons (Fsp3) is 0.500. The number of hydrogen-bond acceptors (Lipinski definition) is 1. The van der Waals surface area contributed by atoms with Gasteiger partial charge in [-0.25, -0.2) is 8.78 Å². The van der Waals surface area contributed by atoms with E-state index < -0.39 is 17.5 Å². The van der Waals surface area contributed by atoms with Crippen molar-refractivity contribution < 1.29 is 13.6 Å². The minimum absolute atomic E-state index is 0.0354. The van der Waals surface area contributed by atoms with E-state index in [2.05, 4.69) is 12.2 Å². The molecule has 1 amide bonds. The lowest BCUT2D eigenvalue weighted by molar-refractivity contribution is 0.0933. The third kappa shape index (κ3) is 4.43. The number of unbranched alkanes of at least 4 members (excludes halogenated alkanes) is 2. The van der Waals surface area contributed by atoms with E-state index in [1.807, 2.05) is 6.92 Å². The van der Waals surface area contributed by atoms with Gasteiger partial charge < -0.3 is 5.32 Å². The van der Waals surface area contributed by atoms with Gasteiger partial charge in [0.25, 0.3) is 5.91 Å². The SMILES string of the molecule is CCCCCC(C)NC(=O)c1cc(F)ccc1F. The van der Waals surface area contributed by atoms with Crippen LogP contribution in [0.25, 0.3) is 0 Å². The summed E-state index contributed by atoms with van der Waals surface area (Å²) in [6.07, 6.45) is 4.08. The molecule has 1 unspecified atom stereocenters. The Bertz CT molecular complexity index is 407. The van der Waals surface area contributed by atoms with E-state index in [-0.39, 0.29) is 11.6 Å². The molecule has 2 nitrogen and oxygen atoms in total. The first kappa shape index (κ1) is 14.6. The molecule has 1 rings (SSSR count). The summed E-state index contributed by atoms with van der Waals surface area (Å²) in [4.78, 5) is 11.7. The van der Waals surface area contributed by atoms with Gasteiger partial charge in [0, 0.05) is 6.04 Å². The van der Waals surface area contributed by atoms with Gasteiger partial charge in [0.2, 0.25) is 0 Å². The summed E-state index contributed by atoms with van der Waals surface area (Å²) in [6, 6.07) is 2.85. The number of carbonyl (C=O) groups excluding carboxylic acids is 1. The highest BCUT2D eigenvalue weighted by Crippen LogP contribution is 2.10. The van der Waals surface area contributed by atoms with Crippen molar-refractivity contribution in [3.63, 3.8) is 0 Å². The van der Waals surface area contributed by atoms with Gasteiger partial charge in [0.15, 0.2) is 0 Å². The molecule has 0 saturated carbocycles. The molecule has 0 aliphatic carbocycles. The summed E-state index contributed by atoms with van der Waals surface area (Å²) in [6.45, 7) is 3.97. The first-order chi connectivity index (χ1) is 8.54. The average molecular weight is 255 g/mol. The van der Waals surface area contributed by atoms with Crippen molar-refractivity contribution in [2.45, 2.75) is 45.6 Å². The molecule has 1 atom stereocenters. The number of rotatable bonds is 6. The maximum absolute atomic E-state index is 13.3. The zero-order valence-electron chi connectivity index (χ0n) is 10.8. The third-order valence-electron chi connectivity index (χ3n) is 2.79. The van der Waals surface area contributed by atoms with E-state index in [9.17, 15) is 13.6 Å². The molecule has 4 heteroatoms. The maximum Gasteiger partial charge on any atom is 0.254 e. The van der Waals surface area contributed by atoms with E-state index in [4.69, 9.17) is 0 Å². The highest BCUT2D eigenvalue weighted by molar-refractivity contribution is 5.94. The van der Waals surface area contributed by atoms with Crippen molar-refractivity contribution in [2.75, 3.05) is 0 Å². The molecule has 0 spiro atoms. The molecule has 0 saturated heterocycles. The Labute approximate surface area is 106 Å². The van der Waals surface area contributed by atoms with Crippen LogP contribution in [0.4, 0.5) is 8.78 Å². The molecule has 100 valence electrons. The zero-order valence-corrected chi connectivity index (χ0v) is 10.8. The van der Waals surface area contributed by atoms with E-state index in [1.165, 1.54) is 0 Å². The summed E-state index contributed by atoms with van der Waals surface area (Å²) >= 11 is 0. The monoisotopic (exact) mass is 255 g/mol. The maximum atomic E-state index is 13.3. The van der Waals surface area contributed by atoms with Crippen LogP contribution in [0.2, 0.25) is 0 Å². The molecule has 0 radical (unpaired) electrons. The van der Waals surface area contributed by atoms with Crippen LogP contribution in [0.5, 0.6) is 0 Å². The second-order valence-corrected chi connectivity index (χ2v) is 4.49. The molecule has 0 heterocycles. The molecule has 0 aromatic heterocycles. The van der Waals surface area contributed by atoms with Crippen LogP contribution in [-0.4, -0.2) is 11.9 Å². The smallest absolute Gasteiger partial charge is 0.254 e. The van der Waals surface area contributed by atoms with E-state index >= 15 is 0 Å². The van der Waals surface area contributed by atoms with Gasteiger partial charge in [-0.05, 0) is 31.5 Å². The topological polar surface area (TPSA) is 29.1 Å². The molecule has 0 fully saturated rings. The van der Waals surface area contributed by atoms with Crippen LogP contribution in [0.3, 0.4) is 0 Å². The van der Waals surface area contributed by atoms with Crippen molar-refractivity contribution in [3.8, 4) is 0 Å². The average Bonchev–Trinajstić information content (AvgIpc) is 2.32. The Hall–Kier alpha value is -1.45. The fourth-order valence-electron chi connectivity index (χ4n) is 1.75. The molecule has 18 heavy (non-hydrogen) atoms. The minimum Gasteiger partial charge on any atom is -0.349 e. The van der Waals surface area contributed by atoms with Crippen LogP contribution in [0, 0.1) is 11.6 Å². The van der Waals surface area contributed by atoms with E-state index in [1.54, 1.807) is 0 Å². The number of nitrogens with one attached hydrogen (secondary N) is 1. The van der Waals surface area contributed by atoms with Crippen molar-refractivity contribution >= 4 is 5.91 Å². The van der Waals surface area contributed by atoms with Crippen molar-refractivity contribution in [1.29, 1.82) is 0 Å². The molecule has 1 N–H and O–H groups in total. The van der Waals surface area contributed by atoms with Crippen LogP contribution in [-0.2, 0) is 0 Å². The Morgan fingerprint density at radius 1 is 1.33 bits per heavy atom. The quantitative estimate of drug-likeness (QED) is 0.772. The predicted molar refractivity (Wildman–Crippen MR) is 67.4 cm³/mol. The second kappa shape index (κ2) is 7.09. The van der Waals surface area contributed by atoms with E-state index in [0.717, 1.165) is 43.9 Å². The van der Waals surface area contributed by atoms with Crippen LogP contribution in [0.15, 0.2) is 18.2 Å². The van der Waals surface area contributed by atoms with Gasteiger partial charge in [0.05, 0.1) is 5.56 Å². The van der Waals surface area contributed by atoms with Gasteiger partial charge >= 0.3 is 0 Å². The van der Waals surface area contributed by atoms with Crippen molar-refractivity contribution in [3.05, 3.63) is 35.4 Å². The lowest BCUT2D eigenvalue weighted by Crippen LogP contribution is -2.33. The third-order valence-corrected chi connectivity index (χ3v) is 2.79. The Balaban J connectivity index is 2.56. The Morgan fingerprint density at radius 2 is 2.06 bits per heavy atom. The largest absolute Gasteiger partial charge is 0.349 e. The highest BCUT2D eigenvalue weighted by atomic mass is 19.1. The number of hydrogen-bond donors (Lipinski definition) is 1. The number of halogens is 2. The van der Waals surface area contributed by atoms with Gasteiger partial charge in [-0.1, -0.05) is 26.2 Å². The fourth-order valence-corrected chi connectivity index (χ4v) is 1.75. The number of amides is 1. The number of benzene rings is 1. The van der Waals surface area contributed by atoms with Gasteiger partial charge in [-0.3, -0.25) is 4.79 Å². The first-order valence-corrected chi connectivity index (χ1v) is 6.30.